The molecule has 0 saturated heterocycles. The van der Waals surface area contributed by atoms with Gasteiger partial charge in [0.25, 0.3) is 0 Å². The molecule has 0 bridgehead atoms. The largest absolute Gasteiger partial charge is 0.268 e. The maximum absolute atomic E-state index is 4.71. The molecule has 0 amide bonds. The summed E-state index contributed by atoms with van der Waals surface area (Å²) in [4.78, 5) is 0. The van der Waals surface area contributed by atoms with Crippen molar-refractivity contribution in [2.75, 3.05) is 0 Å². The Morgan fingerprint density at radius 3 is 2.09 bits per heavy atom. The van der Waals surface area contributed by atoms with Crippen LogP contribution in [0.15, 0.2) is 45.6 Å². The van der Waals surface area contributed by atoms with Crippen LogP contribution in [0.5, 0.6) is 0 Å². The molecule has 32 heavy (non-hydrogen) atoms. The number of fused-ring (bicyclic) bond motifs is 2. The quantitative estimate of drug-likeness (QED) is 0.254. The molecule has 6 heteroatoms. The second-order valence-electron chi connectivity index (χ2n) is 9.68. The van der Waals surface area contributed by atoms with Crippen molar-refractivity contribution in [2.24, 2.45) is 11.8 Å². The summed E-state index contributed by atoms with van der Waals surface area (Å²) in [7, 11) is 0. The number of halogens is 2. The van der Waals surface area contributed by atoms with Crippen LogP contribution in [0.3, 0.4) is 0 Å². The summed E-state index contributed by atoms with van der Waals surface area (Å²) in [6.07, 6.45) is 9.60. The summed E-state index contributed by atoms with van der Waals surface area (Å²) >= 11 is 7.07. The smallest absolute Gasteiger partial charge is 0.0953 e. The number of nitrogens with zero attached hydrogens (tertiary/aromatic N) is 4. The van der Waals surface area contributed by atoms with Crippen molar-refractivity contribution in [3.05, 3.63) is 56.7 Å². The first-order valence-electron chi connectivity index (χ1n) is 11.6. The van der Waals surface area contributed by atoms with Crippen LogP contribution in [0.25, 0.3) is 21.8 Å². The fourth-order valence-electron chi connectivity index (χ4n) is 4.73. The van der Waals surface area contributed by atoms with E-state index in [0.29, 0.717) is 12.1 Å². The van der Waals surface area contributed by atoms with Crippen molar-refractivity contribution >= 4 is 53.7 Å². The molecule has 2 aromatic heterocycles. The van der Waals surface area contributed by atoms with E-state index in [9.17, 15) is 0 Å². The lowest BCUT2D eigenvalue weighted by Crippen LogP contribution is -2.09. The van der Waals surface area contributed by atoms with E-state index >= 15 is 0 Å². The van der Waals surface area contributed by atoms with Crippen molar-refractivity contribution in [1.29, 1.82) is 0 Å². The Hall–Kier alpha value is -1.66. The summed E-state index contributed by atoms with van der Waals surface area (Å²) in [5.74, 6) is 1.68. The van der Waals surface area contributed by atoms with Gasteiger partial charge >= 0.3 is 0 Å². The van der Waals surface area contributed by atoms with Crippen LogP contribution >= 0.6 is 31.9 Å². The molecule has 2 aromatic carbocycles. The maximum atomic E-state index is 4.71. The number of aromatic nitrogens is 4. The second-order valence-corrected chi connectivity index (χ2v) is 11.5. The summed E-state index contributed by atoms with van der Waals surface area (Å²) < 4.78 is 6.61. The second kappa shape index (κ2) is 8.60. The van der Waals surface area contributed by atoms with E-state index in [-0.39, 0.29) is 0 Å². The molecular weight excluding hydrogens is 528 g/mol. The van der Waals surface area contributed by atoms with Gasteiger partial charge in [-0.15, -0.1) is 0 Å². The topological polar surface area (TPSA) is 35.6 Å². The molecule has 0 spiro atoms. The van der Waals surface area contributed by atoms with Crippen molar-refractivity contribution < 1.29 is 0 Å². The number of benzene rings is 2. The van der Waals surface area contributed by atoms with Crippen molar-refractivity contribution in [3.8, 4) is 0 Å². The Morgan fingerprint density at radius 2 is 1.44 bits per heavy atom. The molecule has 0 aliphatic heterocycles. The van der Waals surface area contributed by atoms with Crippen molar-refractivity contribution in [1.82, 2.24) is 19.6 Å². The molecule has 0 N–H and O–H groups in total. The molecule has 2 fully saturated rings. The van der Waals surface area contributed by atoms with E-state index in [1.165, 1.54) is 53.1 Å². The highest BCUT2D eigenvalue weighted by molar-refractivity contribution is 9.10. The highest BCUT2D eigenvalue weighted by Crippen LogP contribution is 2.41. The van der Waals surface area contributed by atoms with Crippen LogP contribution in [-0.2, 0) is 0 Å². The van der Waals surface area contributed by atoms with Gasteiger partial charge in [0, 0.05) is 25.9 Å². The van der Waals surface area contributed by atoms with E-state index in [2.05, 4.69) is 104 Å². The van der Waals surface area contributed by atoms with Gasteiger partial charge in [0.15, 0.2) is 0 Å². The predicted molar refractivity (Wildman–Crippen MR) is 139 cm³/mol. The number of aryl methyl sites for hydroxylation is 2. The lowest BCUT2D eigenvalue weighted by molar-refractivity contribution is 0.443. The molecule has 2 heterocycles. The minimum atomic E-state index is 0.539. The highest BCUT2D eigenvalue weighted by Gasteiger charge is 2.31. The molecule has 4 aromatic rings. The van der Waals surface area contributed by atoms with E-state index in [1.54, 1.807) is 0 Å². The molecule has 2 unspecified atom stereocenters. The van der Waals surface area contributed by atoms with Gasteiger partial charge in [-0.25, -0.2) is 0 Å². The first-order valence-corrected chi connectivity index (χ1v) is 13.2. The fraction of sp³-hybridized carbons (Fsp3) is 0.462. The third-order valence-corrected chi connectivity index (χ3v) is 7.95. The molecule has 2 aliphatic rings. The Morgan fingerprint density at radius 1 is 0.844 bits per heavy atom. The molecular formula is C26H30Br2N4. The molecule has 4 nitrogen and oxygen atoms in total. The van der Waals surface area contributed by atoms with Crippen LogP contribution in [0, 0.1) is 25.7 Å². The van der Waals surface area contributed by atoms with Gasteiger partial charge in [0.1, 0.15) is 0 Å². The van der Waals surface area contributed by atoms with E-state index in [4.69, 9.17) is 5.10 Å². The summed E-state index contributed by atoms with van der Waals surface area (Å²) in [5, 5.41) is 11.7. The van der Waals surface area contributed by atoms with Gasteiger partial charge in [-0.1, -0.05) is 31.9 Å². The van der Waals surface area contributed by atoms with Crippen LogP contribution in [0.2, 0.25) is 0 Å². The summed E-state index contributed by atoms with van der Waals surface area (Å²) in [6, 6.07) is 9.67. The summed E-state index contributed by atoms with van der Waals surface area (Å²) in [6.45, 7) is 8.83. The lowest BCUT2D eigenvalue weighted by Gasteiger charge is -2.13. The predicted octanol–water partition coefficient (Wildman–Crippen LogP) is 8.16. The number of rotatable bonds is 4. The van der Waals surface area contributed by atoms with E-state index < -0.39 is 0 Å². The summed E-state index contributed by atoms with van der Waals surface area (Å²) in [5.41, 5.74) is 4.97. The molecule has 6 rings (SSSR count). The zero-order valence-corrected chi connectivity index (χ0v) is 22.3. The molecule has 2 saturated carbocycles. The molecule has 2 aliphatic carbocycles. The van der Waals surface area contributed by atoms with E-state index in [0.717, 1.165) is 26.3 Å². The van der Waals surface area contributed by atoms with Gasteiger partial charge in [0.05, 0.1) is 29.3 Å². The van der Waals surface area contributed by atoms with Crippen molar-refractivity contribution in [2.45, 2.75) is 65.5 Å². The number of hydrogen-bond donors (Lipinski definition) is 0. The lowest BCUT2D eigenvalue weighted by atomic mass is 10.1. The highest BCUT2D eigenvalue weighted by atomic mass is 79.9. The zero-order valence-electron chi connectivity index (χ0n) is 19.1. The first-order chi connectivity index (χ1) is 15.3. The first kappa shape index (κ1) is 22.1. The Labute approximate surface area is 206 Å². The average molecular weight is 558 g/mol. The van der Waals surface area contributed by atoms with E-state index in [1.807, 2.05) is 6.20 Å². The molecule has 168 valence electrons. The Kier molecular flexibility index (Phi) is 5.95. The monoisotopic (exact) mass is 556 g/mol. The Bertz CT molecular complexity index is 1270. The van der Waals surface area contributed by atoms with Gasteiger partial charge in [-0.05, 0) is 101 Å². The molecule has 2 atom stereocenters. The van der Waals surface area contributed by atoms with Gasteiger partial charge in [-0.3, -0.25) is 9.36 Å². The van der Waals surface area contributed by atoms with Crippen LogP contribution < -0.4 is 0 Å². The third kappa shape index (κ3) is 4.41. The minimum absolute atomic E-state index is 0.539. The van der Waals surface area contributed by atoms with Crippen LogP contribution in [0.1, 0.15) is 62.7 Å². The van der Waals surface area contributed by atoms with Gasteiger partial charge in [-0.2, -0.15) is 10.2 Å². The maximum Gasteiger partial charge on any atom is 0.0953 e. The third-order valence-electron chi connectivity index (χ3n) is 7.04. The fourth-order valence-corrected chi connectivity index (χ4v) is 5.91. The van der Waals surface area contributed by atoms with Gasteiger partial charge < -0.3 is 0 Å². The minimum Gasteiger partial charge on any atom is -0.268 e. The zero-order chi connectivity index (χ0) is 22.6. The number of hydrogen-bond acceptors (Lipinski definition) is 2. The van der Waals surface area contributed by atoms with Crippen LogP contribution in [0.4, 0.5) is 0 Å². The van der Waals surface area contributed by atoms with Gasteiger partial charge in [0.2, 0.25) is 0 Å². The standard InChI is InChI=1S/2C13H15BrN2/c1-8-5-12(14)6-11-7-16(15-13(8)11)9(2)10-3-4-10;1-8-5-12(14)6-11-7-15-16(13(8)11)9(2)10-3-4-10/h2*5-7,9-10H,3-4H2,1-2H3. The van der Waals surface area contributed by atoms with Crippen molar-refractivity contribution in [3.63, 3.8) is 0 Å². The normalized spacial score (nSPS) is 17.9. The molecule has 0 radical (unpaired) electrons. The average Bonchev–Trinajstić information content (AvgIpc) is 3.66. The van der Waals surface area contributed by atoms with Crippen LogP contribution in [-0.4, -0.2) is 19.6 Å². The SMILES string of the molecule is Cc1cc(Br)cc2cn(C(C)C3CC3)nc12.Cc1cc(Br)cc2cnn(C(C)C3CC3)c12. The Balaban J connectivity index is 0.000000135.